The summed E-state index contributed by atoms with van der Waals surface area (Å²) in [7, 11) is 0. The van der Waals surface area contributed by atoms with Gasteiger partial charge in [-0.3, -0.25) is 9.88 Å². The van der Waals surface area contributed by atoms with E-state index in [4.69, 9.17) is 0 Å². The zero-order chi connectivity index (χ0) is 11.2. The number of pyridine rings is 1. The van der Waals surface area contributed by atoms with E-state index in [2.05, 4.69) is 21.3 Å². The molecule has 0 amide bonds. The largest absolute Gasteiger partial charge is 0.314 e. The van der Waals surface area contributed by atoms with Crippen LogP contribution in [0.2, 0.25) is 0 Å². The van der Waals surface area contributed by atoms with Crippen LogP contribution in [0.25, 0.3) is 10.2 Å². The van der Waals surface area contributed by atoms with Crippen LogP contribution in [-0.4, -0.2) is 36.1 Å². The van der Waals surface area contributed by atoms with Crippen LogP contribution in [0.4, 0.5) is 0 Å². The summed E-state index contributed by atoms with van der Waals surface area (Å²) in [5.41, 5.74) is 2.75. The number of aromatic nitrogens is 1. The van der Waals surface area contributed by atoms with Crippen molar-refractivity contribution in [1.82, 2.24) is 15.2 Å². The minimum absolute atomic E-state index is 0.552. The predicted octanol–water partition coefficient (Wildman–Crippen LogP) is 1.80. The molecule has 0 bridgehead atoms. The fourth-order valence-corrected chi connectivity index (χ4v) is 4.28. The number of hydrogen-bond donors (Lipinski definition) is 1. The number of nitrogens with one attached hydrogen (secondary N) is 1. The molecule has 2 aliphatic rings. The SMILES string of the molecule is c1cnc2c3c(sc2c1)CCN1CCNCC31. The second-order valence-corrected chi connectivity index (χ2v) is 5.93. The minimum Gasteiger partial charge on any atom is -0.314 e. The van der Waals surface area contributed by atoms with Gasteiger partial charge in [-0.15, -0.1) is 11.3 Å². The van der Waals surface area contributed by atoms with Gasteiger partial charge in [0.2, 0.25) is 0 Å². The van der Waals surface area contributed by atoms with Gasteiger partial charge in [-0.25, -0.2) is 0 Å². The molecule has 1 atom stereocenters. The molecule has 1 unspecified atom stereocenters. The van der Waals surface area contributed by atoms with Crippen molar-refractivity contribution in [3.05, 3.63) is 28.8 Å². The van der Waals surface area contributed by atoms with Crippen molar-refractivity contribution < 1.29 is 0 Å². The summed E-state index contributed by atoms with van der Waals surface area (Å²) in [5, 5.41) is 3.51. The third kappa shape index (κ3) is 1.44. The highest BCUT2D eigenvalue weighted by Gasteiger charge is 2.32. The molecule has 88 valence electrons. The lowest BCUT2D eigenvalue weighted by atomic mass is 9.97. The van der Waals surface area contributed by atoms with Gasteiger partial charge in [-0.05, 0) is 18.6 Å². The van der Waals surface area contributed by atoms with Crippen LogP contribution in [-0.2, 0) is 6.42 Å². The van der Waals surface area contributed by atoms with E-state index < -0.39 is 0 Å². The maximum absolute atomic E-state index is 4.60. The normalized spacial score (nSPS) is 24.6. The van der Waals surface area contributed by atoms with Crippen LogP contribution in [0.15, 0.2) is 18.3 Å². The summed E-state index contributed by atoms with van der Waals surface area (Å²) in [6.07, 6.45) is 3.12. The van der Waals surface area contributed by atoms with Crippen LogP contribution >= 0.6 is 11.3 Å². The Kier molecular flexibility index (Phi) is 2.21. The van der Waals surface area contributed by atoms with Crippen molar-refractivity contribution in [2.24, 2.45) is 0 Å². The second kappa shape index (κ2) is 3.77. The first-order chi connectivity index (χ1) is 8.43. The molecule has 3 nitrogen and oxygen atoms in total. The van der Waals surface area contributed by atoms with Gasteiger partial charge in [0.05, 0.1) is 16.3 Å². The van der Waals surface area contributed by atoms with E-state index >= 15 is 0 Å². The molecule has 0 saturated carbocycles. The van der Waals surface area contributed by atoms with Crippen molar-refractivity contribution in [2.45, 2.75) is 12.5 Å². The summed E-state index contributed by atoms with van der Waals surface area (Å²) >= 11 is 1.94. The molecule has 0 aliphatic carbocycles. The van der Waals surface area contributed by atoms with Crippen LogP contribution < -0.4 is 5.32 Å². The molecule has 4 heterocycles. The highest BCUT2D eigenvalue weighted by molar-refractivity contribution is 7.19. The number of fused-ring (bicyclic) bond motifs is 5. The molecule has 2 aromatic rings. The highest BCUT2D eigenvalue weighted by Crippen LogP contribution is 2.40. The van der Waals surface area contributed by atoms with Gasteiger partial charge in [-0.2, -0.15) is 0 Å². The van der Waals surface area contributed by atoms with E-state index in [1.807, 2.05) is 23.6 Å². The standard InChI is InChI=1S/C13H15N3S/c1-2-11-13(15-4-1)12-9-8-14-5-7-16(9)6-3-10(12)17-11/h1-2,4,9,14H,3,5-8H2. The first-order valence-electron chi connectivity index (χ1n) is 6.24. The summed E-state index contributed by atoms with van der Waals surface area (Å²) in [6, 6.07) is 4.80. The van der Waals surface area contributed by atoms with Crippen molar-refractivity contribution >= 4 is 21.6 Å². The molecule has 0 spiro atoms. The van der Waals surface area contributed by atoms with E-state index in [9.17, 15) is 0 Å². The van der Waals surface area contributed by atoms with Crippen molar-refractivity contribution in [3.8, 4) is 0 Å². The molecule has 4 heteroatoms. The molecule has 0 radical (unpaired) electrons. The predicted molar refractivity (Wildman–Crippen MR) is 70.5 cm³/mol. The monoisotopic (exact) mass is 245 g/mol. The van der Waals surface area contributed by atoms with Gasteiger partial charge in [-0.1, -0.05) is 0 Å². The lowest BCUT2D eigenvalue weighted by molar-refractivity contribution is 0.154. The number of hydrogen-bond acceptors (Lipinski definition) is 4. The zero-order valence-electron chi connectivity index (χ0n) is 9.65. The van der Waals surface area contributed by atoms with E-state index in [0.29, 0.717) is 6.04 Å². The molecule has 1 N–H and O–H groups in total. The number of nitrogens with zero attached hydrogens (tertiary/aromatic N) is 2. The molecule has 1 fully saturated rings. The topological polar surface area (TPSA) is 28.2 Å². The van der Waals surface area contributed by atoms with Gasteiger partial charge >= 0.3 is 0 Å². The Labute approximate surface area is 104 Å². The van der Waals surface area contributed by atoms with Crippen LogP contribution in [0.1, 0.15) is 16.5 Å². The van der Waals surface area contributed by atoms with E-state index in [1.54, 1.807) is 4.88 Å². The van der Waals surface area contributed by atoms with Gasteiger partial charge < -0.3 is 5.32 Å². The highest BCUT2D eigenvalue weighted by atomic mass is 32.1. The minimum atomic E-state index is 0.552. The van der Waals surface area contributed by atoms with Crippen LogP contribution in [0, 0.1) is 0 Å². The first kappa shape index (κ1) is 10.00. The Hall–Kier alpha value is -0.970. The summed E-state index contributed by atoms with van der Waals surface area (Å²) in [6.45, 7) is 4.59. The lowest BCUT2D eigenvalue weighted by Crippen LogP contribution is -2.48. The van der Waals surface area contributed by atoms with Gasteiger partial charge in [0.15, 0.2) is 0 Å². The van der Waals surface area contributed by atoms with Crippen molar-refractivity contribution in [3.63, 3.8) is 0 Å². The fraction of sp³-hybridized carbons (Fsp3) is 0.462. The Morgan fingerprint density at radius 1 is 1.41 bits per heavy atom. The molecular weight excluding hydrogens is 230 g/mol. The fourth-order valence-electron chi connectivity index (χ4n) is 3.07. The Balaban J connectivity index is 1.92. The smallest absolute Gasteiger partial charge is 0.0860 e. The zero-order valence-corrected chi connectivity index (χ0v) is 10.5. The number of thiophene rings is 1. The molecule has 0 aromatic carbocycles. The maximum Gasteiger partial charge on any atom is 0.0860 e. The molecular formula is C13H15N3S. The lowest BCUT2D eigenvalue weighted by Gasteiger charge is -2.39. The quantitative estimate of drug-likeness (QED) is 0.767. The molecule has 1 saturated heterocycles. The molecule has 2 aromatic heterocycles. The molecule has 2 aliphatic heterocycles. The first-order valence-corrected chi connectivity index (χ1v) is 7.06. The Morgan fingerprint density at radius 3 is 3.41 bits per heavy atom. The molecule has 17 heavy (non-hydrogen) atoms. The summed E-state index contributed by atoms with van der Waals surface area (Å²) in [5.74, 6) is 0. The Morgan fingerprint density at radius 2 is 2.41 bits per heavy atom. The average molecular weight is 245 g/mol. The van der Waals surface area contributed by atoms with E-state index in [0.717, 1.165) is 13.1 Å². The third-order valence-corrected chi connectivity index (χ3v) is 5.09. The second-order valence-electron chi connectivity index (χ2n) is 4.79. The summed E-state index contributed by atoms with van der Waals surface area (Å²) in [4.78, 5) is 8.77. The van der Waals surface area contributed by atoms with Crippen molar-refractivity contribution in [2.75, 3.05) is 26.2 Å². The average Bonchev–Trinajstić information content (AvgIpc) is 2.77. The maximum atomic E-state index is 4.60. The Bertz CT molecular complexity index is 563. The van der Waals surface area contributed by atoms with E-state index in [1.165, 1.54) is 35.3 Å². The molecule has 4 rings (SSSR count). The number of rotatable bonds is 0. The summed E-state index contributed by atoms with van der Waals surface area (Å²) < 4.78 is 1.35. The van der Waals surface area contributed by atoms with Crippen molar-refractivity contribution in [1.29, 1.82) is 0 Å². The third-order valence-electron chi connectivity index (χ3n) is 3.87. The van der Waals surface area contributed by atoms with Crippen LogP contribution in [0.5, 0.6) is 0 Å². The van der Waals surface area contributed by atoms with Gasteiger partial charge in [0.25, 0.3) is 0 Å². The van der Waals surface area contributed by atoms with Crippen LogP contribution in [0.3, 0.4) is 0 Å². The van der Waals surface area contributed by atoms with E-state index in [-0.39, 0.29) is 0 Å². The van der Waals surface area contributed by atoms with Gasteiger partial charge in [0, 0.05) is 42.8 Å². The van der Waals surface area contributed by atoms with Gasteiger partial charge in [0.1, 0.15) is 0 Å². The number of piperazine rings is 1.